The summed E-state index contributed by atoms with van der Waals surface area (Å²) in [5, 5.41) is 5.06. The number of carbonyl (C=O) groups is 2. The number of hydrogen-bond donors (Lipinski definition) is 4. The van der Waals surface area contributed by atoms with Crippen LogP contribution in [0, 0.1) is 0 Å². The van der Waals surface area contributed by atoms with E-state index in [2.05, 4.69) is 20.6 Å². The fraction of sp³-hybridized carbons (Fsp3) is 0.0833. The van der Waals surface area contributed by atoms with E-state index in [1.807, 2.05) is 0 Å². The molecule has 0 bridgehead atoms. The minimum absolute atomic E-state index is 0.0381. The summed E-state index contributed by atoms with van der Waals surface area (Å²) in [5.74, 6) is -0.871. The van der Waals surface area contributed by atoms with Crippen molar-refractivity contribution in [2.75, 3.05) is 18.1 Å². The van der Waals surface area contributed by atoms with Crippen LogP contribution < -0.4 is 16.4 Å². The van der Waals surface area contributed by atoms with Crippen LogP contribution in [0.3, 0.4) is 0 Å². The minimum Gasteiger partial charge on any atom is -0.399 e. The van der Waals surface area contributed by atoms with Gasteiger partial charge in [-0.05, 0) is 24.3 Å². The summed E-state index contributed by atoms with van der Waals surface area (Å²) in [6.45, 7) is 0. The number of amides is 2. The van der Waals surface area contributed by atoms with Crippen molar-refractivity contribution in [3.05, 3.63) is 42.0 Å². The molecule has 0 saturated carbocycles. The molecule has 0 spiro atoms. The Kier molecular flexibility index (Phi) is 3.46. The highest BCUT2D eigenvalue weighted by atomic mass is 16.2. The average Bonchev–Trinajstić information content (AvgIpc) is 2.90. The molecule has 0 saturated heterocycles. The molecular formula is C12H13N5O2. The molecule has 2 aromatic rings. The van der Waals surface area contributed by atoms with Crippen molar-refractivity contribution in [1.29, 1.82) is 0 Å². The maximum atomic E-state index is 12.0. The second-order valence-electron chi connectivity index (χ2n) is 3.78. The Labute approximate surface area is 109 Å². The Balaban J connectivity index is 2.18. The van der Waals surface area contributed by atoms with Crippen LogP contribution in [0.4, 0.5) is 11.4 Å². The molecule has 19 heavy (non-hydrogen) atoms. The van der Waals surface area contributed by atoms with E-state index < -0.39 is 11.8 Å². The van der Waals surface area contributed by atoms with E-state index in [1.54, 1.807) is 24.3 Å². The largest absolute Gasteiger partial charge is 0.399 e. The molecule has 0 aliphatic rings. The summed E-state index contributed by atoms with van der Waals surface area (Å²) in [6.07, 6.45) is 1.29. The van der Waals surface area contributed by atoms with Crippen LogP contribution in [0.5, 0.6) is 0 Å². The number of aromatic nitrogens is 2. The van der Waals surface area contributed by atoms with Crippen LogP contribution in [0.1, 0.15) is 21.0 Å². The lowest BCUT2D eigenvalue weighted by atomic mass is 10.2. The zero-order valence-corrected chi connectivity index (χ0v) is 10.2. The topological polar surface area (TPSA) is 113 Å². The number of nitrogens with one attached hydrogen (secondary N) is 3. The van der Waals surface area contributed by atoms with Crippen LogP contribution in [0.2, 0.25) is 0 Å². The van der Waals surface area contributed by atoms with Crippen molar-refractivity contribution >= 4 is 23.2 Å². The molecule has 1 aromatic carbocycles. The van der Waals surface area contributed by atoms with Gasteiger partial charge >= 0.3 is 0 Å². The zero-order chi connectivity index (χ0) is 13.8. The molecular weight excluding hydrogens is 246 g/mol. The first kappa shape index (κ1) is 12.6. The maximum absolute atomic E-state index is 12.0. The van der Waals surface area contributed by atoms with Gasteiger partial charge in [0.1, 0.15) is 5.69 Å². The molecule has 1 heterocycles. The lowest BCUT2D eigenvalue weighted by Crippen LogP contribution is -2.23. The number of imidazole rings is 1. The molecule has 0 fully saturated rings. The van der Waals surface area contributed by atoms with Gasteiger partial charge in [-0.3, -0.25) is 9.59 Å². The second kappa shape index (κ2) is 5.21. The van der Waals surface area contributed by atoms with Crippen molar-refractivity contribution < 1.29 is 9.59 Å². The molecule has 7 heteroatoms. The highest BCUT2D eigenvalue weighted by Crippen LogP contribution is 2.12. The maximum Gasteiger partial charge on any atom is 0.276 e. The lowest BCUT2D eigenvalue weighted by molar-refractivity contribution is 0.0943. The van der Waals surface area contributed by atoms with Gasteiger partial charge in [0.2, 0.25) is 0 Å². The third-order valence-electron chi connectivity index (χ3n) is 2.48. The Morgan fingerprint density at radius 3 is 2.53 bits per heavy atom. The SMILES string of the molecule is CNC(=O)c1[nH]cnc1C(=O)Nc1ccc(N)cc1. The van der Waals surface area contributed by atoms with Gasteiger partial charge < -0.3 is 21.4 Å². The minimum atomic E-state index is -0.468. The number of anilines is 2. The summed E-state index contributed by atoms with van der Waals surface area (Å²) in [5.41, 5.74) is 6.88. The van der Waals surface area contributed by atoms with E-state index in [4.69, 9.17) is 5.73 Å². The van der Waals surface area contributed by atoms with Crippen LogP contribution in [-0.2, 0) is 0 Å². The number of hydrogen-bond acceptors (Lipinski definition) is 4. The number of aromatic amines is 1. The monoisotopic (exact) mass is 259 g/mol. The van der Waals surface area contributed by atoms with Crippen LogP contribution in [0.15, 0.2) is 30.6 Å². The Morgan fingerprint density at radius 2 is 1.89 bits per heavy atom. The fourth-order valence-electron chi connectivity index (χ4n) is 1.52. The fourth-order valence-corrected chi connectivity index (χ4v) is 1.52. The van der Waals surface area contributed by atoms with E-state index in [9.17, 15) is 9.59 Å². The van der Waals surface area contributed by atoms with Crippen LogP contribution in [-0.4, -0.2) is 28.8 Å². The van der Waals surface area contributed by atoms with E-state index in [0.717, 1.165) is 0 Å². The summed E-state index contributed by atoms with van der Waals surface area (Å²) >= 11 is 0. The highest BCUT2D eigenvalue weighted by Gasteiger charge is 2.19. The van der Waals surface area contributed by atoms with Crippen molar-refractivity contribution in [3.63, 3.8) is 0 Å². The van der Waals surface area contributed by atoms with Crippen molar-refractivity contribution in [3.8, 4) is 0 Å². The molecule has 0 unspecified atom stereocenters. The predicted octanol–water partition coefficient (Wildman–Crippen LogP) is 0.604. The van der Waals surface area contributed by atoms with Gasteiger partial charge in [-0.1, -0.05) is 0 Å². The quantitative estimate of drug-likeness (QED) is 0.604. The molecule has 0 radical (unpaired) electrons. The highest BCUT2D eigenvalue weighted by molar-refractivity contribution is 6.10. The van der Waals surface area contributed by atoms with E-state index >= 15 is 0 Å². The van der Waals surface area contributed by atoms with Gasteiger partial charge in [0.25, 0.3) is 11.8 Å². The first-order valence-corrected chi connectivity index (χ1v) is 5.54. The van der Waals surface area contributed by atoms with Gasteiger partial charge in [0, 0.05) is 18.4 Å². The Morgan fingerprint density at radius 1 is 1.21 bits per heavy atom. The molecule has 1 aromatic heterocycles. The van der Waals surface area contributed by atoms with E-state index in [0.29, 0.717) is 11.4 Å². The number of nitrogens with zero attached hydrogens (tertiary/aromatic N) is 1. The van der Waals surface area contributed by atoms with Gasteiger partial charge in [0.05, 0.1) is 6.33 Å². The van der Waals surface area contributed by atoms with Gasteiger partial charge in [0.15, 0.2) is 5.69 Å². The Bertz CT molecular complexity index is 603. The average molecular weight is 259 g/mol. The number of H-pyrrole nitrogens is 1. The predicted molar refractivity (Wildman–Crippen MR) is 70.8 cm³/mol. The Hall–Kier alpha value is -2.83. The van der Waals surface area contributed by atoms with Gasteiger partial charge in [-0.25, -0.2) is 4.98 Å². The summed E-state index contributed by atoms with van der Waals surface area (Å²) < 4.78 is 0. The number of carbonyl (C=O) groups excluding carboxylic acids is 2. The van der Waals surface area contributed by atoms with Gasteiger partial charge in [-0.2, -0.15) is 0 Å². The smallest absolute Gasteiger partial charge is 0.276 e. The molecule has 0 aliphatic heterocycles. The van der Waals surface area contributed by atoms with Gasteiger partial charge in [-0.15, -0.1) is 0 Å². The first-order valence-electron chi connectivity index (χ1n) is 5.54. The molecule has 7 nitrogen and oxygen atoms in total. The number of nitrogens with two attached hydrogens (primary N) is 1. The molecule has 2 rings (SSSR count). The summed E-state index contributed by atoms with van der Waals surface area (Å²) in [6, 6.07) is 6.67. The van der Waals surface area contributed by atoms with Crippen molar-refractivity contribution in [1.82, 2.24) is 15.3 Å². The number of benzene rings is 1. The van der Waals surface area contributed by atoms with Crippen LogP contribution >= 0.6 is 0 Å². The second-order valence-corrected chi connectivity index (χ2v) is 3.78. The molecule has 5 N–H and O–H groups in total. The van der Waals surface area contributed by atoms with E-state index in [-0.39, 0.29) is 11.4 Å². The van der Waals surface area contributed by atoms with E-state index in [1.165, 1.54) is 13.4 Å². The summed E-state index contributed by atoms with van der Waals surface area (Å²) in [4.78, 5) is 30.0. The molecule has 2 amide bonds. The van der Waals surface area contributed by atoms with Crippen LogP contribution in [0.25, 0.3) is 0 Å². The lowest BCUT2D eigenvalue weighted by Gasteiger charge is -2.05. The number of nitrogen functional groups attached to an aromatic ring is 1. The van der Waals surface area contributed by atoms with Crippen molar-refractivity contribution in [2.45, 2.75) is 0 Å². The third-order valence-corrected chi connectivity index (χ3v) is 2.48. The standard InChI is InChI=1S/C12H13N5O2/c1-14-11(18)9-10(16-6-15-9)12(19)17-8-4-2-7(13)3-5-8/h2-6H,13H2,1H3,(H,14,18)(H,15,16)(H,17,19). The molecule has 0 aliphatic carbocycles. The first-order chi connectivity index (χ1) is 9.11. The molecule has 98 valence electrons. The summed E-state index contributed by atoms with van der Waals surface area (Å²) in [7, 11) is 1.48. The number of rotatable bonds is 3. The third kappa shape index (κ3) is 2.71. The van der Waals surface area contributed by atoms with Crippen molar-refractivity contribution in [2.24, 2.45) is 0 Å². The molecule has 0 atom stereocenters. The normalized spacial score (nSPS) is 9.95. The zero-order valence-electron chi connectivity index (χ0n) is 10.2.